The van der Waals surface area contributed by atoms with Crippen molar-refractivity contribution in [3.8, 4) is 11.5 Å². The van der Waals surface area contributed by atoms with Crippen LogP contribution in [0.25, 0.3) is 0 Å². The summed E-state index contributed by atoms with van der Waals surface area (Å²) >= 11 is 0. The second kappa shape index (κ2) is 6.56. The van der Waals surface area contributed by atoms with Gasteiger partial charge in [0.2, 0.25) is 5.75 Å². The number of hydrogen-bond acceptors (Lipinski definition) is 5. The zero-order chi connectivity index (χ0) is 14.5. The molecule has 0 aromatic heterocycles. The molecule has 1 aliphatic rings. The van der Waals surface area contributed by atoms with Crippen LogP contribution in [0.15, 0.2) is 18.2 Å². The first kappa shape index (κ1) is 14.6. The number of ether oxygens (including phenoxy) is 2. The molecule has 2 unspecified atom stereocenters. The summed E-state index contributed by atoms with van der Waals surface area (Å²) in [5, 5.41) is 11.0. The van der Waals surface area contributed by atoms with Crippen molar-refractivity contribution in [2.45, 2.75) is 44.8 Å². The Morgan fingerprint density at radius 3 is 2.85 bits per heavy atom. The Bertz CT molecular complexity index is 478. The summed E-state index contributed by atoms with van der Waals surface area (Å²) in [7, 11) is 0. The molecule has 110 valence electrons. The van der Waals surface area contributed by atoms with Crippen molar-refractivity contribution in [2.75, 3.05) is 6.61 Å². The van der Waals surface area contributed by atoms with E-state index in [2.05, 4.69) is 0 Å². The number of rotatable bonds is 6. The number of nitro groups is 1. The lowest BCUT2D eigenvalue weighted by Gasteiger charge is -2.14. The molecule has 0 amide bonds. The van der Waals surface area contributed by atoms with Crippen LogP contribution >= 0.6 is 0 Å². The van der Waals surface area contributed by atoms with Gasteiger partial charge in [0.1, 0.15) is 11.9 Å². The highest BCUT2D eigenvalue weighted by Gasteiger charge is 2.24. The van der Waals surface area contributed by atoms with Crippen LogP contribution in [0.5, 0.6) is 11.5 Å². The molecule has 0 spiro atoms. The Balaban J connectivity index is 2.11. The van der Waals surface area contributed by atoms with E-state index in [0.29, 0.717) is 12.4 Å². The van der Waals surface area contributed by atoms with Crippen molar-refractivity contribution < 1.29 is 14.4 Å². The van der Waals surface area contributed by atoms with E-state index in [1.165, 1.54) is 6.07 Å². The lowest BCUT2D eigenvalue weighted by atomic mass is 10.2. The highest BCUT2D eigenvalue weighted by atomic mass is 16.6. The van der Waals surface area contributed by atoms with Crippen molar-refractivity contribution in [3.05, 3.63) is 28.3 Å². The van der Waals surface area contributed by atoms with Gasteiger partial charge in [-0.3, -0.25) is 10.1 Å². The summed E-state index contributed by atoms with van der Waals surface area (Å²) in [6.07, 6.45) is 3.58. The molecule has 1 aliphatic carbocycles. The first-order chi connectivity index (χ1) is 9.60. The van der Waals surface area contributed by atoms with E-state index in [0.717, 1.165) is 25.7 Å². The van der Waals surface area contributed by atoms with Gasteiger partial charge in [-0.1, -0.05) is 6.92 Å². The zero-order valence-corrected chi connectivity index (χ0v) is 11.6. The summed E-state index contributed by atoms with van der Waals surface area (Å²) in [5.74, 6) is 0.859. The molecule has 0 bridgehead atoms. The fraction of sp³-hybridized carbons (Fsp3) is 0.571. The van der Waals surface area contributed by atoms with Crippen LogP contribution in [-0.2, 0) is 0 Å². The second-order valence-corrected chi connectivity index (χ2v) is 5.05. The van der Waals surface area contributed by atoms with Gasteiger partial charge in [0, 0.05) is 18.2 Å². The summed E-state index contributed by atoms with van der Waals surface area (Å²) in [5.41, 5.74) is 5.81. The molecule has 0 heterocycles. The van der Waals surface area contributed by atoms with Crippen molar-refractivity contribution >= 4 is 5.69 Å². The third-order valence-corrected chi connectivity index (χ3v) is 3.32. The fourth-order valence-electron chi connectivity index (χ4n) is 2.32. The van der Waals surface area contributed by atoms with Crippen molar-refractivity contribution in [3.63, 3.8) is 0 Å². The molecule has 6 nitrogen and oxygen atoms in total. The molecule has 2 rings (SSSR count). The summed E-state index contributed by atoms with van der Waals surface area (Å²) in [6, 6.07) is 4.82. The van der Waals surface area contributed by atoms with Crippen LogP contribution in [0.3, 0.4) is 0 Å². The van der Waals surface area contributed by atoms with E-state index < -0.39 is 4.92 Å². The van der Waals surface area contributed by atoms with Gasteiger partial charge >= 0.3 is 5.69 Å². The average molecular weight is 280 g/mol. The molecule has 1 saturated carbocycles. The Morgan fingerprint density at radius 2 is 2.25 bits per heavy atom. The van der Waals surface area contributed by atoms with E-state index in [1.54, 1.807) is 12.1 Å². The molecule has 6 heteroatoms. The third kappa shape index (κ3) is 3.60. The molecule has 2 atom stereocenters. The highest BCUT2D eigenvalue weighted by Crippen LogP contribution is 2.33. The Kier molecular flexibility index (Phi) is 4.79. The number of nitrogens with zero attached hydrogens (tertiary/aromatic N) is 1. The van der Waals surface area contributed by atoms with Gasteiger partial charge in [0.05, 0.1) is 11.5 Å². The lowest BCUT2D eigenvalue weighted by Crippen LogP contribution is -2.19. The first-order valence-electron chi connectivity index (χ1n) is 6.93. The molecular formula is C14H20N2O4. The van der Waals surface area contributed by atoms with Gasteiger partial charge in [-0.15, -0.1) is 0 Å². The first-order valence-corrected chi connectivity index (χ1v) is 6.93. The summed E-state index contributed by atoms with van der Waals surface area (Å²) in [4.78, 5) is 10.5. The molecule has 20 heavy (non-hydrogen) atoms. The third-order valence-electron chi connectivity index (χ3n) is 3.32. The molecule has 0 aliphatic heterocycles. The average Bonchev–Trinajstić information content (AvgIpc) is 2.81. The topological polar surface area (TPSA) is 87.6 Å². The maximum Gasteiger partial charge on any atom is 0.311 e. The van der Waals surface area contributed by atoms with Crippen molar-refractivity contribution in [2.24, 2.45) is 5.73 Å². The number of nitrogens with two attached hydrogens (primary N) is 1. The monoisotopic (exact) mass is 280 g/mol. The largest absolute Gasteiger partial charge is 0.490 e. The van der Waals surface area contributed by atoms with Crippen LogP contribution in [0.1, 0.15) is 32.6 Å². The number of hydrogen-bond donors (Lipinski definition) is 1. The van der Waals surface area contributed by atoms with Crippen molar-refractivity contribution in [1.29, 1.82) is 0 Å². The molecule has 1 fully saturated rings. The van der Waals surface area contributed by atoms with Crippen LogP contribution in [0, 0.1) is 10.1 Å². The molecule has 0 radical (unpaired) electrons. The summed E-state index contributed by atoms with van der Waals surface area (Å²) < 4.78 is 11.2. The number of nitro benzene ring substituents is 1. The molecule has 1 aromatic rings. The van der Waals surface area contributed by atoms with Gasteiger partial charge in [-0.25, -0.2) is 0 Å². The Hall–Kier alpha value is -1.82. The van der Waals surface area contributed by atoms with Crippen LogP contribution in [-0.4, -0.2) is 23.7 Å². The molecule has 2 N–H and O–H groups in total. The molecule has 1 aromatic carbocycles. The lowest BCUT2D eigenvalue weighted by molar-refractivity contribution is -0.385. The zero-order valence-electron chi connectivity index (χ0n) is 11.6. The van der Waals surface area contributed by atoms with E-state index in [-0.39, 0.29) is 23.6 Å². The van der Waals surface area contributed by atoms with Crippen LogP contribution < -0.4 is 15.2 Å². The normalized spacial score (nSPS) is 21.7. The van der Waals surface area contributed by atoms with Gasteiger partial charge in [-0.05, 0) is 31.7 Å². The Morgan fingerprint density at radius 1 is 1.45 bits per heavy atom. The van der Waals surface area contributed by atoms with E-state index >= 15 is 0 Å². The van der Waals surface area contributed by atoms with Gasteiger partial charge in [0.15, 0.2) is 0 Å². The van der Waals surface area contributed by atoms with Crippen LogP contribution in [0.4, 0.5) is 5.69 Å². The second-order valence-electron chi connectivity index (χ2n) is 5.05. The standard InChI is InChI=1S/C14H20N2O4/c1-2-7-19-14-9-12(5-6-13(14)16(17)18)20-11-4-3-10(15)8-11/h5-6,9-11H,2-4,7-8,15H2,1H3. The van der Waals surface area contributed by atoms with E-state index in [4.69, 9.17) is 15.2 Å². The van der Waals surface area contributed by atoms with Crippen LogP contribution in [0.2, 0.25) is 0 Å². The van der Waals surface area contributed by atoms with Crippen molar-refractivity contribution in [1.82, 2.24) is 0 Å². The predicted molar refractivity (Wildman–Crippen MR) is 75.1 cm³/mol. The molecular weight excluding hydrogens is 260 g/mol. The minimum Gasteiger partial charge on any atom is -0.490 e. The van der Waals surface area contributed by atoms with E-state index in [9.17, 15) is 10.1 Å². The number of benzene rings is 1. The minimum absolute atomic E-state index is 0.0334. The van der Waals surface area contributed by atoms with Gasteiger partial charge < -0.3 is 15.2 Å². The van der Waals surface area contributed by atoms with Gasteiger partial charge in [-0.2, -0.15) is 0 Å². The predicted octanol–water partition coefficient (Wildman–Crippen LogP) is 2.64. The quantitative estimate of drug-likeness (QED) is 0.639. The smallest absolute Gasteiger partial charge is 0.311 e. The highest BCUT2D eigenvalue weighted by molar-refractivity contribution is 5.50. The fourth-order valence-corrected chi connectivity index (χ4v) is 2.32. The SMILES string of the molecule is CCCOc1cc(OC2CCC(N)C2)ccc1[N+](=O)[O-]. The van der Waals surface area contributed by atoms with E-state index in [1.807, 2.05) is 6.92 Å². The Labute approximate surface area is 118 Å². The maximum atomic E-state index is 11.0. The van der Waals surface area contributed by atoms with Gasteiger partial charge in [0.25, 0.3) is 0 Å². The maximum absolute atomic E-state index is 11.0. The molecule has 0 saturated heterocycles. The minimum atomic E-state index is -0.444. The summed E-state index contributed by atoms with van der Waals surface area (Å²) in [6.45, 7) is 2.39.